The van der Waals surface area contributed by atoms with Crippen molar-refractivity contribution in [3.05, 3.63) is 41.2 Å². The number of nitrogens with one attached hydrogen (secondary N) is 2. The molecule has 0 aliphatic carbocycles. The van der Waals surface area contributed by atoms with Crippen molar-refractivity contribution in [1.29, 1.82) is 0 Å². The number of hydrogen-bond donors (Lipinski definition) is 3. The summed E-state index contributed by atoms with van der Waals surface area (Å²) in [6.45, 7) is 4.02. The van der Waals surface area contributed by atoms with Crippen LogP contribution in [0.25, 0.3) is 0 Å². The molecule has 1 aromatic heterocycles. The molecular weight excluding hydrogens is 280 g/mol. The number of likely N-dealkylation sites (N-methyl/N-ethyl adjacent to an activating group) is 1. The number of aromatic amines is 1. The molecule has 0 radical (unpaired) electrons. The Bertz CT molecular complexity index is 668. The second-order valence-electron chi connectivity index (χ2n) is 5.41. The third-order valence-electron chi connectivity index (χ3n) is 4.03. The number of H-pyrrole nitrogens is 1. The van der Waals surface area contributed by atoms with E-state index < -0.39 is 0 Å². The first kappa shape index (κ1) is 14.5. The van der Waals surface area contributed by atoms with E-state index in [1.54, 1.807) is 0 Å². The average Bonchev–Trinajstić information content (AvgIpc) is 2.96. The zero-order chi connectivity index (χ0) is 15.5. The second-order valence-corrected chi connectivity index (χ2v) is 5.41. The summed E-state index contributed by atoms with van der Waals surface area (Å²) in [7, 11) is 0. The van der Waals surface area contributed by atoms with Crippen molar-refractivity contribution < 1.29 is 4.79 Å². The topological polar surface area (TPSA) is 99.9 Å². The summed E-state index contributed by atoms with van der Waals surface area (Å²) in [6.07, 6.45) is 0.731. The Morgan fingerprint density at radius 1 is 1.45 bits per heavy atom. The summed E-state index contributed by atoms with van der Waals surface area (Å²) in [5.74, 6) is 0.752. The van der Waals surface area contributed by atoms with E-state index in [1.807, 2.05) is 12.1 Å². The number of amides is 1. The van der Waals surface area contributed by atoms with Gasteiger partial charge in [0.05, 0.1) is 12.6 Å². The molecular formula is C15H20N6O. The minimum Gasteiger partial charge on any atom is -0.367 e. The van der Waals surface area contributed by atoms with Crippen LogP contribution in [-0.2, 0) is 24.3 Å². The van der Waals surface area contributed by atoms with Crippen LogP contribution in [0, 0.1) is 0 Å². The van der Waals surface area contributed by atoms with Crippen LogP contribution in [0.2, 0.25) is 0 Å². The minimum absolute atomic E-state index is 0.00586. The van der Waals surface area contributed by atoms with Gasteiger partial charge in [0.15, 0.2) is 0 Å². The molecule has 0 saturated heterocycles. The highest BCUT2D eigenvalue weighted by atomic mass is 16.2. The van der Waals surface area contributed by atoms with Crippen LogP contribution < -0.4 is 11.1 Å². The Kier molecular flexibility index (Phi) is 4.06. The number of benzene rings is 1. The first-order valence-electron chi connectivity index (χ1n) is 7.42. The van der Waals surface area contributed by atoms with Crippen molar-refractivity contribution in [2.45, 2.75) is 32.5 Å². The lowest BCUT2D eigenvalue weighted by Crippen LogP contribution is -2.50. The number of nitrogens with zero attached hydrogens (tertiary/aromatic N) is 3. The number of rotatable bonds is 4. The highest BCUT2D eigenvalue weighted by Gasteiger charge is 2.30. The average molecular weight is 300 g/mol. The molecule has 2 aromatic rings. The molecule has 22 heavy (non-hydrogen) atoms. The van der Waals surface area contributed by atoms with Crippen LogP contribution in [0.5, 0.6) is 0 Å². The molecule has 0 unspecified atom stereocenters. The minimum atomic E-state index is -0.153. The standard InChI is InChI=1S/C15H20N6O/c1-2-21-9-11-6-4-3-5-10(11)7-12(21)14(22)17-8-13-18-15(16)20-19-13/h3-6,12H,2,7-9H2,1H3,(H,17,22)(H3,16,18,19,20)/t12-/m0/s1. The van der Waals surface area contributed by atoms with Gasteiger partial charge in [0.1, 0.15) is 5.82 Å². The molecule has 2 heterocycles. The van der Waals surface area contributed by atoms with Crippen molar-refractivity contribution in [1.82, 2.24) is 25.4 Å². The van der Waals surface area contributed by atoms with E-state index in [2.05, 4.69) is 44.5 Å². The molecule has 3 rings (SSSR count). The van der Waals surface area contributed by atoms with Crippen molar-refractivity contribution in [2.24, 2.45) is 0 Å². The Balaban J connectivity index is 1.68. The lowest BCUT2D eigenvalue weighted by atomic mass is 9.93. The predicted octanol–water partition coefficient (Wildman–Crippen LogP) is 0.450. The van der Waals surface area contributed by atoms with Gasteiger partial charge in [-0.15, -0.1) is 5.10 Å². The monoisotopic (exact) mass is 300 g/mol. The number of aromatic nitrogens is 3. The van der Waals surface area contributed by atoms with Crippen LogP contribution in [0.4, 0.5) is 5.95 Å². The van der Waals surface area contributed by atoms with Gasteiger partial charge in [0.25, 0.3) is 0 Å². The van der Waals surface area contributed by atoms with Crippen LogP contribution in [-0.4, -0.2) is 38.6 Å². The van der Waals surface area contributed by atoms with Gasteiger partial charge in [-0.2, -0.15) is 4.98 Å². The number of anilines is 1. The molecule has 7 heteroatoms. The summed E-state index contributed by atoms with van der Waals surface area (Å²) in [5.41, 5.74) is 8.00. The molecule has 1 aliphatic heterocycles. The van der Waals surface area contributed by atoms with Crippen LogP contribution >= 0.6 is 0 Å². The zero-order valence-electron chi connectivity index (χ0n) is 12.5. The van der Waals surface area contributed by atoms with E-state index in [0.29, 0.717) is 12.4 Å². The van der Waals surface area contributed by atoms with Gasteiger partial charge in [0.2, 0.25) is 11.9 Å². The Labute approximate surface area is 128 Å². The Morgan fingerprint density at radius 2 is 2.23 bits per heavy atom. The molecule has 0 saturated carbocycles. The highest BCUT2D eigenvalue weighted by Crippen LogP contribution is 2.23. The van der Waals surface area contributed by atoms with Crippen molar-refractivity contribution >= 4 is 11.9 Å². The van der Waals surface area contributed by atoms with Crippen LogP contribution in [0.1, 0.15) is 23.9 Å². The maximum absolute atomic E-state index is 12.5. The van der Waals surface area contributed by atoms with E-state index in [9.17, 15) is 4.79 Å². The molecule has 1 aliphatic rings. The third-order valence-corrected chi connectivity index (χ3v) is 4.03. The number of nitrogens with two attached hydrogens (primary N) is 1. The fourth-order valence-corrected chi connectivity index (χ4v) is 2.85. The number of fused-ring (bicyclic) bond motifs is 1. The first-order valence-corrected chi connectivity index (χ1v) is 7.42. The van der Waals surface area contributed by atoms with Crippen molar-refractivity contribution in [3.63, 3.8) is 0 Å². The normalized spacial score (nSPS) is 18.0. The van der Waals surface area contributed by atoms with Gasteiger partial charge >= 0.3 is 0 Å². The fraction of sp³-hybridized carbons (Fsp3) is 0.400. The summed E-state index contributed by atoms with van der Waals surface area (Å²) >= 11 is 0. The van der Waals surface area contributed by atoms with Crippen molar-refractivity contribution in [2.75, 3.05) is 12.3 Å². The Morgan fingerprint density at radius 3 is 2.91 bits per heavy atom. The van der Waals surface area contributed by atoms with E-state index in [4.69, 9.17) is 5.73 Å². The third kappa shape index (κ3) is 2.94. The molecule has 116 valence electrons. The lowest BCUT2D eigenvalue weighted by Gasteiger charge is -2.35. The first-order chi connectivity index (χ1) is 10.7. The van der Waals surface area contributed by atoms with Gasteiger partial charge < -0.3 is 11.1 Å². The number of nitrogen functional groups attached to an aromatic ring is 1. The molecule has 1 amide bonds. The highest BCUT2D eigenvalue weighted by molar-refractivity contribution is 5.82. The number of carbonyl (C=O) groups excluding carboxylic acids is 1. The lowest BCUT2D eigenvalue weighted by molar-refractivity contribution is -0.127. The molecule has 0 fully saturated rings. The second kappa shape index (κ2) is 6.15. The zero-order valence-corrected chi connectivity index (χ0v) is 12.5. The summed E-state index contributed by atoms with van der Waals surface area (Å²) in [6, 6.07) is 8.14. The number of carbonyl (C=O) groups is 1. The maximum Gasteiger partial charge on any atom is 0.239 e. The molecule has 0 spiro atoms. The van der Waals surface area contributed by atoms with Gasteiger partial charge in [-0.25, -0.2) is 0 Å². The van der Waals surface area contributed by atoms with Gasteiger partial charge in [-0.3, -0.25) is 14.8 Å². The Hall–Kier alpha value is -2.41. The van der Waals surface area contributed by atoms with Crippen LogP contribution in [0.15, 0.2) is 24.3 Å². The smallest absolute Gasteiger partial charge is 0.239 e. The van der Waals surface area contributed by atoms with Gasteiger partial charge in [0, 0.05) is 6.54 Å². The summed E-state index contributed by atoms with van der Waals surface area (Å²) in [5, 5.41) is 9.35. The van der Waals surface area contributed by atoms with Crippen LogP contribution in [0.3, 0.4) is 0 Å². The van der Waals surface area contributed by atoms with Gasteiger partial charge in [-0.05, 0) is 24.1 Å². The SMILES string of the molecule is CCN1Cc2ccccc2C[C@H]1C(=O)NCc1nc(N)n[nH]1. The molecule has 0 bridgehead atoms. The number of hydrogen-bond acceptors (Lipinski definition) is 5. The van der Waals surface area contributed by atoms with E-state index in [0.717, 1.165) is 19.5 Å². The van der Waals surface area contributed by atoms with Gasteiger partial charge in [-0.1, -0.05) is 31.2 Å². The molecule has 1 aromatic carbocycles. The summed E-state index contributed by atoms with van der Waals surface area (Å²) in [4.78, 5) is 18.7. The molecule has 7 nitrogen and oxygen atoms in total. The predicted molar refractivity (Wildman–Crippen MR) is 82.7 cm³/mol. The van der Waals surface area contributed by atoms with E-state index >= 15 is 0 Å². The van der Waals surface area contributed by atoms with E-state index in [1.165, 1.54) is 11.1 Å². The van der Waals surface area contributed by atoms with Crippen molar-refractivity contribution in [3.8, 4) is 0 Å². The quantitative estimate of drug-likeness (QED) is 0.761. The maximum atomic E-state index is 12.5. The largest absolute Gasteiger partial charge is 0.367 e. The fourth-order valence-electron chi connectivity index (χ4n) is 2.85. The van der Waals surface area contributed by atoms with E-state index in [-0.39, 0.29) is 17.9 Å². The summed E-state index contributed by atoms with van der Waals surface area (Å²) < 4.78 is 0. The molecule has 1 atom stereocenters. The molecule has 4 N–H and O–H groups in total.